The van der Waals surface area contributed by atoms with Gasteiger partial charge in [0.05, 0.1) is 12.3 Å². The maximum atomic E-state index is 5.98. The highest BCUT2D eigenvalue weighted by molar-refractivity contribution is 5.23. The lowest BCUT2D eigenvalue weighted by Gasteiger charge is -2.30. The fraction of sp³-hybridized carbons (Fsp3) is 0.524. The molecule has 3 rings (SSSR count). The fourth-order valence-electron chi connectivity index (χ4n) is 3.24. The first-order chi connectivity index (χ1) is 13.2. The molecule has 1 fully saturated rings. The molecule has 0 aliphatic carbocycles. The number of hydrogen-bond acceptors (Lipinski definition) is 6. The number of methoxy groups -OCH3 is 1. The van der Waals surface area contributed by atoms with Gasteiger partial charge in [0.15, 0.2) is 0 Å². The standard InChI is InChI=1S/C21H30N4O2/c1-26-14-15-27-21-9-8-20(23-24-21)7-6-17-2-4-18(5-3-17)16-25-12-10-19(22)11-13-25/h2-5,8-9,19H,6-7,10-16,22H2,1H3. The summed E-state index contributed by atoms with van der Waals surface area (Å²) in [5.41, 5.74) is 9.64. The number of benzene rings is 1. The zero-order chi connectivity index (χ0) is 18.9. The second-order valence-corrected chi connectivity index (χ2v) is 7.13. The highest BCUT2D eigenvalue weighted by atomic mass is 16.5. The smallest absolute Gasteiger partial charge is 0.233 e. The van der Waals surface area contributed by atoms with E-state index in [1.54, 1.807) is 7.11 Å². The van der Waals surface area contributed by atoms with E-state index in [0.29, 0.717) is 25.1 Å². The minimum Gasteiger partial charge on any atom is -0.474 e. The third kappa shape index (κ3) is 6.57. The molecule has 1 aliphatic rings. The lowest BCUT2D eigenvalue weighted by Crippen LogP contribution is -2.39. The zero-order valence-corrected chi connectivity index (χ0v) is 16.1. The topological polar surface area (TPSA) is 73.5 Å². The monoisotopic (exact) mass is 370 g/mol. The molecule has 27 heavy (non-hydrogen) atoms. The molecule has 146 valence electrons. The summed E-state index contributed by atoms with van der Waals surface area (Å²) < 4.78 is 10.4. The van der Waals surface area contributed by atoms with Crippen molar-refractivity contribution in [1.29, 1.82) is 0 Å². The molecule has 1 aromatic heterocycles. The van der Waals surface area contributed by atoms with Crippen molar-refractivity contribution in [2.24, 2.45) is 5.73 Å². The highest BCUT2D eigenvalue weighted by Gasteiger charge is 2.15. The van der Waals surface area contributed by atoms with Gasteiger partial charge in [-0.1, -0.05) is 24.3 Å². The first-order valence-electron chi connectivity index (χ1n) is 9.73. The van der Waals surface area contributed by atoms with E-state index in [-0.39, 0.29) is 0 Å². The largest absolute Gasteiger partial charge is 0.474 e. The Morgan fingerprint density at radius 1 is 0.963 bits per heavy atom. The molecule has 6 nitrogen and oxygen atoms in total. The van der Waals surface area contributed by atoms with E-state index in [0.717, 1.165) is 51.0 Å². The SMILES string of the molecule is COCCOc1ccc(CCc2ccc(CN3CCC(N)CC3)cc2)nn1. The van der Waals surface area contributed by atoms with Crippen LogP contribution in [0.5, 0.6) is 5.88 Å². The van der Waals surface area contributed by atoms with Crippen LogP contribution in [-0.4, -0.2) is 54.6 Å². The molecule has 0 saturated carbocycles. The van der Waals surface area contributed by atoms with Gasteiger partial charge in [-0.2, -0.15) is 5.10 Å². The quantitative estimate of drug-likeness (QED) is 0.682. The van der Waals surface area contributed by atoms with E-state index in [4.69, 9.17) is 15.2 Å². The van der Waals surface area contributed by atoms with Crippen LogP contribution in [0.2, 0.25) is 0 Å². The maximum absolute atomic E-state index is 5.98. The van der Waals surface area contributed by atoms with E-state index in [9.17, 15) is 0 Å². The number of hydrogen-bond donors (Lipinski definition) is 1. The van der Waals surface area contributed by atoms with E-state index < -0.39 is 0 Å². The van der Waals surface area contributed by atoms with Crippen LogP contribution in [0.4, 0.5) is 0 Å². The molecule has 0 spiro atoms. The maximum Gasteiger partial charge on any atom is 0.233 e. The minimum atomic E-state index is 0.387. The molecule has 0 unspecified atom stereocenters. The van der Waals surface area contributed by atoms with Crippen LogP contribution in [0.25, 0.3) is 0 Å². The number of rotatable bonds is 9. The zero-order valence-electron chi connectivity index (χ0n) is 16.1. The third-order valence-corrected chi connectivity index (χ3v) is 4.96. The summed E-state index contributed by atoms with van der Waals surface area (Å²) in [6.45, 7) is 4.26. The molecular formula is C21H30N4O2. The number of likely N-dealkylation sites (tertiary alicyclic amines) is 1. The molecule has 0 bridgehead atoms. The minimum absolute atomic E-state index is 0.387. The van der Waals surface area contributed by atoms with Crippen molar-refractivity contribution in [1.82, 2.24) is 15.1 Å². The molecule has 1 aliphatic heterocycles. The van der Waals surface area contributed by atoms with Crippen LogP contribution in [0.1, 0.15) is 29.7 Å². The third-order valence-electron chi connectivity index (χ3n) is 4.96. The Labute approximate surface area is 161 Å². The van der Waals surface area contributed by atoms with Crippen molar-refractivity contribution in [3.05, 3.63) is 53.2 Å². The predicted octanol–water partition coefficient (Wildman–Crippen LogP) is 2.21. The Kier molecular flexibility index (Phi) is 7.56. The van der Waals surface area contributed by atoms with Crippen LogP contribution in [0.15, 0.2) is 36.4 Å². The van der Waals surface area contributed by atoms with Crippen LogP contribution in [0.3, 0.4) is 0 Å². The average molecular weight is 370 g/mol. The molecule has 6 heteroatoms. The number of aryl methyl sites for hydroxylation is 2. The Morgan fingerprint density at radius 2 is 1.70 bits per heavy atom. The van der Waals surface area contributed by atoms with E-state index in [1.807, 2.05) is 12.1 Å². The van der Waals surface area contributed by atoms with Crippen LogP contribution in [-0.2, 0) is 24.1 Å². The average Bonchev–Trinajstić information content (AvgIpc) is 2.70. The van der Waals surface area contributed by atoms with Gasteiger partial charge in [0.25, 0.3) is 0 Å². The van der Waals surface area contributed by atoms with Crippen molar-refractivity contribution in [2.75, 3.05) is 33.4 Å². The molecule has 0 radical (unpaired) electrons. The van der Waals surface area contributed by atoms with Crippen LogP contribution in [0, 0.1) is 0 Å². The van der Waals surface area contributed by atoms with Gasteiger partial charge in [-0.05, 0) is 56.0 Å². The highest BCUT2D eigenvalue weighted by Crippen LogP contribution is 2.14. The molecule has 2 aromatic rings. The van der Waals surface area contributed by atoms with Crippen molar-refractivity contribution in [2.45, 2.75) is 38.3 Å². The first-order valence-corrected chi connectivity index (χ1v) is 9.73. The van der Waals surface area contributed by atoms with Gasteiger partial charge < -0.3 is 15.2 Å². The van der Waals surface area contributed by atoms with Gasteiger partial charge in [-0.25, -0.2) is 0 Å². The van der Waals surface area contributed by atoms with E-state index >= 15 is 0 Å². The Morgan fingerprint density at radius 3 is 2.37 bits per heavy atom. The lowest BCUT2D eigenvalue weighted by molar-refractivity contribution is 0.143. The number of nitrogens with two attached hydrogens (primary N) is 1. The number of ether oxygens (including phenoxy) is 2. The van der Waals surface area contributed by atoms with E-state index in [2.05, 4.69) is 39.4 Å². The summed E-state index contributed by atoms with van der Waals surface area (Å²) in [6, 6.07) is 13.2. The summed E-state index contributed by atoms with van der Waals surface area (Å²) >= 11 is 0. The Hall–Kier alpha value is -2.02. The van der Waals surface area contributed by atoms with Crippen molar-refractivity contribution < 1.29 is 9.47 Å². The second kappa shape index (κ2) is 10.3. The summed E-state index contributed by atoms with van der Waals surface area (Å²) in [7, 11) is 1.65. The van der Waals surface area contributed by atoms with Crippen molar-refractivity contribution in [3.8, 4) is 5.88 Å². The van der Waals surface area contributed by atoms with Gasteiger partial charge >= 0.3 is 0 Å². The molecule has 1 saturated heterocycles. The van der Waals surface area contributed by atoms with Crippen molar-refractivity contribution in [3.63, 3.8) is 0 Å². The van der Waals surface area contributed by atoms with Gasteiger partial charge in [0, 0.05) is 25.8 Å². The molecule has 0 atom stereocenters. The van der Waals surface area contributed by atoms with Gasteiger partial charge in [-0.15, -0.1) is 5.10 Å². The summed E-state index contributed by atoms with van der Waals surface area (Å²) in [5, 5.41) is 8.35. The second-order valence-electron chi connectivity index (χ2n) is 7.13. The van der Waals surface area contributed by atoms with Gasteiger partial charge in [0.2, 0.25) is 5.88 Å². The Bertz CT molecular complexity index is 668. The van der Waals surface area contributed by atoms with Gasteiger partial charge in [0.1, 0.15) is 6.61 Å². The van der Waals surface area contributed by atoms with Gasteiger partial charge in [-0.3, -0.25) is 4.90 Å². The number of piperidine rings is 1. The molecule has 2 heterocycles. The molecule has 1 aromatic carbocycles. The Balaban J connectivity index is 1.43. The van der Waals surface area contributed by atoms with E-state index in [1.165, 1.54) is 11.1 Å². The summed E-state index contributed by atoms with van der Waals surface area (Å²) in [4.78, 5) is 2.49. The molecular weight excluding hydrogens is 340 g/mol. The normalized spacial score (nSPS) is 15.8. The number of nitrogens with zero attached hydrogens (tertiary/aromatic N) is 3. The predicted molar refractivity (Wildman–Crippen MR) is 106 cm³/mol. The lowest BCUT2D eigenvalue weighted by atomic mass is 10.0. The molecule has 0 amide bonds. The fourth-order valence-corrected chi connectivity index (χ4v) is 3.24. The first kappa shape index (κ1) is 19.7. The number of aromatic nitrogens is 2. The van der Waals surface area contributed by atoms with Crippen LogP contribution >= 0.6 is 0 Å². The molecule has 2 N–H and O–H groups in total. The summed E-state index contributed by atoms with van der Waals surface area (Å²) in [6.07, 6.45) is 4.04. The van der Waals surface area contributed by atoms with Crippen LogP contribution < -0.4 is 10.5 Å². The summed E-state index contributed by atoms with van der Waals surface area (Å²) in [5.74, 6) is 0.541. The van der Waals surface area contributed by atoms with Crippen molar-refractivity contribution >= 4 is 0 Å².